The maximum absolute atomic E-state index is 9.64. The first-order valence-corrected chi connectivity index (χ1v) is 2.31. The fourth-order valence-electron chi connectivity index (χ4n) is 0.169. The van der Waals surface area contributed by atoms with Crippen molar-refractivity contribution in [3.8, 4) is 0 Å². The highest BCUT2D eigenvalue weighted by atomic mass is 32.1. The van der Waals surface area contributed by atoms with Crippen LogP contribution in [0.2, 0.25) is 0 Å². The topological polar surface area (TPSA) is 37.3 Å². The van der Waals surface area contributed by atoms with Crippen molar-refractivity contribution >= 4 is 23.4 Å². The summed E-state index contributed by atoms with van der Waals surface area (Å²) in [4.78, 5) is 9.92. The minimum atomic E-state index is -0.0302. The number of aliphatic hydroxyl groups excluding tert-OH is 1. The summed E-state index contributed by atoms with van der Waals surface area (Å²) in [5.74, 6) is 0. The Morgan fingerprint density at radius 1 is 1.86 bits per heavy atom. The van der Waals surface area contributed by atoms with Gasteiger partial charge in [0.05, 0.1) is 4.86 Å². The Hall–Kier alpha value is -0.280. The molecule has 1 N–H and O–H groups in total. The normalized spacial score (nSPS) is 8.14. The highest BCUT2D eigenvalue weighted by Crippen LogP contribution is 1.77. The third-order valence-corrected chi connectivity index (χ3v) is 0.790. The van der Waals surface area contributed by atoms with Crippen LogP contribution >= 0.6 is 12.2 Å². The van der Waals surface area contributed by atoms with E-state index in [0.717, 1.165) is 0 Å². The summed E-state index contributed by atoms with van der Waals surface area (Å²) in [6, 6.07) is 0. The van der Waals surface area contributed by atoms with Gasteiger partial charge in [0.15, 0.2) is 6.29 Å². The molecule has 40 valence electrons. The fraction of sp³-hybridized carbons (Fsp3) is 0.500. The quantitative estimate of drug-likeness (QED) is 0.416. The number of carbonyl (C=O) groups is 1. The highest BCUT2D eigenvalue weighted by molar-refractivity contribution is 7.81. The summed E-state index contributed by atoms with van der Waals surface area (Å²) in [6.07, 6.45) is 0.893. The van der Waals surface area contributed by atoms with E-state index in [4.69, 9.17) is 5.11 Å². The van der Waals surface area contributed by atoms with Crippen LogP contribution in [-0.4, -0.2) is 22.9 Å². The van der Waals surface area contributed by atoms with Crippen molar-refractivity contribution in [3.63, 3.8) is 0 Å². The molecule has 0 aliphatic heterocycles. The van der Waals surface area contributed by atoms with Crippen LogP contribution in [-0.2, 0) is 4.79 Å². The maximum atomic E-state index is 9.64. The molecule has 0 aliphatic rings. The predicted octanol–water partition coefficient (Wildman–Crippen LogP) is -0.0624. The summed E-state index contributed by atoms with van der Waals surface area (Å²) < 4.78 is 0. The molecule has 0 radical (unpaired) electrons. The van der Waals surface area contributed by atoms with E-state index in [1.165, 1.54) is 0 Å². The third-order valence-electron chi connectivity index (χ3n) is 0.490. The molecule has 0 amide bonds. The number of rotatable bonds is 3. The van der Waals surface area contributed by atoms with Crippen LogP contribution in [0.15, 0.2) is 0 Å². The Morgan fingerprint density at radius 3 is 2.57 bits per heavy atom. The molecular formula is C4H6O2S. The average Bonchev–Trinajstić information content (AvgIpc) is 1.68. The van der Waals surface area contributed by atoms with E-state index < -0.39 is 0 Å². The van der Waals surface area contributed by atoms with Gasteiger partial charge in [-0.15, -0.1) is 0 Å². The Labute approximate surface area is 47.1 Å². The zero-order valence-electron chi connectivity index (χ0n) is 3.76. The zero-order chi connectivity index (χ0) is 5.70. The van der Waals surface area contributed by atoms with Gasteiger partial charge in [-0.2, -0.15) is 0 Å². The molecule has 7 heavy (non-hydrogen) atoms. The number of thiocarbonyl (C=S) groups is 1. The molecule has 0 spiro atoms. The van der Waals surface area contributed by atoms with Gasteiger partial charge in [-0.3, -0.25) is 4.79 Å². The zero-order valence-corrected chi connectivity index (χ0v) is 4.57. The van der Waals surface area contributed by atoms with Gasteiger partial charge in [0.25, 0.3) is 0 Å². The third kappa shape index (κ3) is 3.55. The van der Waals surface area contributed by atoms with Gasteiger partial charge < -0.3 is 5.11 Å². The lowest BCUT2D eigenvalue weighted by Crippen LogP contribution is -1.97. The Bertz CT molecular complexity index is 79.8. The summed E-state index contributed by atoms with van der Waals surface area (Å²) in [6.45, 7) is -0.0302. The summed E-state index contributed by atoms with van der Waals surface area (Å²) in [5, 5.41) is 8.12. The lowest BCUT2D eigenvalue weighted by Gasteiger charge is -1.83. The second-order valence-corrected chi connectivity index (χ2v) is 1.58. The van der Waals surface area contributed by atoms with Gasteiger partial charge in [0.1, 0.15) is 0 Å². The molecule has 0 aromatic heterocycles. The predicted molar refractivity (Wildman–Crippen MR) is 30.4 cm³/mol. The van der Waals surface area contributed by atoms with Crippen molar-refractivity contribution in [2.45, 2.75) is 6.42 Å². The number of hydrogen-bond acceptors (Lipinski definition) is 3. The van der Waals surface area contributed by atoms with Gasteiger partial charge in [-0.05, 0) is 0 Å². The van der Waals surface area contributed by atoms with Gasteiger partial charge >= 0.3 is 0 Å². The van der Waals surface area contributed by atoms with Crippen LogP contribution in [0.4, 0.5) is 0 Å². The van der Waals surface area contributed by atoms with Crippen LogP contribution in [0.25, 0.3) is 0 Å². The van der Waals surface area contributed by atoms with E-state index in [1.54, 1.807) is 0 Å². The van der Waals surface area contributed by atoms with E-state index in [9.17, 15) is 4.79 Å². The highest BCUT2D eigenvalue weighted by Gasteiger charge is 1.87. The average molecular weight is 118 g/mol. The van der Waals surface area contributed by atoms with Crippen molar-refractivity contribution in [1.29, 1.82) is 0 Å². The van der Waals surface area contributed by atoms with Gasteiger partial charge in [-0.1, -0.05) is 12.2 Å². The Kier molecular flexibility index (Phi) is 3.74. The molecule has 3 heteroatoms. The second-order valence-electron chi connectivity index (χ2n) is 1.06. The summed E-state index contributed by atoms with van der Waals surface area (Å²) in [7, 11) is 0. The van der Waals surface area contributed by atoms with E-state index in [2.05, 4.69) is 12.2 Å². The molecule has 0 heterocycles. The minimum Gasteiger partial charge on any atom is -0.396 e. The van der Waals surface area contributed by atoms with Crippen molar-refractivity contribution in [2.75, 3.05) is 6.61 Å². The standard InChI is InChI=1S/C4H6O2S/c5-2-1-4(7)3-6/h3,5H,1-2H2. The number of aldehydes is 1. The lowest BCUT2D eigenvalue weighted by atomic mass is 10.3. The number of hydrogen-bond donors (Lipinski definition) is 1. The first-order valence-electron chi connectivity index (χ1n) is 1.90. The van der Waals surface area contributed by atoms with Crippen LogP contribution in [0, 0.1) is 0 Å². The lowest BCUT2D eigenvalue weighted by molar-refractivity contribution is -0.102. The van der Waals surface area contributed by atoms with Gasteiger partial charge in [0.2, 0.25) is 0 Å². The van der Waals surface area contributed by atoms with Crippen molar-refractivity contribution < 1.29 is 9.90 Å². The molecular weight excluding hydrogens is 112 g/mol. The van der Waals surface area contributed by atoms with Crippen LogP contribution in [0.5, 0.6) is 0 Å². The molecule has 0 saturated carbocycles. The van der Waals surface area contributed by atoms with Crippen LogP contribution in [0.1, 0.15) is 6.42 Å². The van der Waals surface area contributed by atoms with Gasteiger partial charge in [-0.25, -0.2) is 0 Å². The molecule has 0 aromatic rings. The van der Waals surface area contributed by atoms with E-state index in [-0.39, 0.29) is 11.5 Å². The Morgan fingerprint density at radius 2 is 2.43 bits per heavy atom. The van der Waals surface area contributed by atoms with Crippen molar-refractivity contribution in [1.82, 2.24) is 0 Å². The van der Waals surface area contributed by atoms with Crippen LogP contribution in [0.3, 0.4) is 0 Å². The molecule has 0 saturated heterocycles. The van der Waals surface area contributed by atoms with E-state index in [0.29, 0.717) is 12.7 Å². The first-order chi connectivity index (χ1) is 3.31. The largest absolute Gasteiger partial charge is 0.396 e. The monoisotopic (exact) mass is 118 g/mol. The molecule has 0 atom stereocenters. The molecule has 0 aromatic carbocycles. The Balaban J connectivity index is 3.17. The van der Waals surface area contributed by atoms with Crippen molar-refractivity contribution in [3.05, 3.63) is 0 Å². The molecule has 0 aliphatic carbocycles. The minimum absolute atomic E-state index is 0.0302. The second kappa shape index (κ2) is 3.89. The SMILES string of the molecule is O=CC(=S)CCO. The molecule has 0 rings (SSSR count). The maximum Gasteiger partial charge on any atom is 0.156 e. The summed E-state index contributed by atoms with van der Waals surface area (Å²) in [5.41, 5.74) is 0. The molecule has 2 nitrogen and oxygen atoms in total. The number of carbonyl (C=O) groups excluding carboxylic acids is 1. The smallest absolute Gasteiger partial charge is 0.156 e. The molecule has 0 fully saturated rings. The number of aliphatic hydroxyl groups is 1. The molecule has 0 unspecified atom stereocenters. The fourth-order valence-corrected chi connectivity index (χ4v) is 0.260. The summed E-state index contributed by atoms with van der Waals surface area (Å²) >= 11 is 4.43. The first kappa shape index (κ1) is 6.72. The van der Waals surface area contributed by atoms with Crippen LogP contribution < -0.4 is 0 Å². The van der Waals surface area contributed by atoms with E-state index in [1.807, 2.05) is 0 Å². The van der Waals surface area contributed by atoms with Gasteiger partial charge in [0, 0.05) is 13.0 Å². The van der Waals surface area contributed by atoms with E-state index >= 15 is 0 Å². The molecule has 0 bridgehead atoms. The van der Waals surface area contributed by atoms with Crippen molar-refractivity contribution in [2.24, 2.45) is 0 Å².